The standard InChI is InChI=1S/C15H23NO3/c1-4-18-9-10(2)19-14-7-11-5-6-12(17-3)8-13(11)15(14)16/h5-6,8,10,14-15H,4,7,9,16H2,1-3H3. The van der Waals surface area contributed by atoms with Crippen molar-refractivity contribution in [3.8, 4) is 5.75 Å². The maximum Gasteiger partial charge on any atom is 0.119 e. The largest absolute Gasteiger partial charge is 0.497 e. The second-order valence-electron chi connectivity index (χ2n) is 4.94. The molecular weight excluding hydrogens is 242 g/mol. The molecule has 0 saturated carbocycles. The van der Waals surface area contributed by atoms with Gasteiger partial charge in [0.05, 0.1) is 32.0 Å². The monoisotopic (exact) mass is 265 g/mol. The first-order valence-corrected chi connectivity index (χ1v) is 6.81. The fourth-order valence-corrected chi connectivity index (χ4v) is 2.49. The highest BCUT2D eigenvalue weighted by atomic mass is 16.5. The van der Waals surface area contributed by atoms with Crippen LogP contribution in [0, 0.1) is 0 Å². The predicted molar refractivity (Wildman–Crippen MR) is 74.5 cm³/mol. The van der Waals surface area contributed by atoms with Crippen LogP contribution in [-0.4, -0.2) is 32.5 Å². The molecular formula is C15H23NO3. The summed E-state index contributed by atoms with van der Waals surface area (Å²) < 4.78 is 16.6. The summed E-state index contributed by atoms with van der Waals surface area (Å²) in [5.74, 6) is 0.845. The molecule has 1 aliphatic carbocycles. The van der Waals surface area contributed by atoms with Gasteiger partial charge in [-0.05, 0) is 37.1 Å². The Hall–Kier alpha value is -1.10. The van der Waals surface area contributed by atoms with Crippen molar-refractivity contribution in [3.63, 3.8) is 0 Å². The second-order valence-corrected chi connectivity index (χ2v) is 4.94. The van der Waals surface area contributed by atoms with Crippen LogP contribution in [0.25, 0.3) is 0 Å². The van der Waals surface area contributed by atoms with Gasteiger partial charge in [0.25, 0.3) is 0 Å². The SMILES string of the molecule is CCOCC(C)OC1Cc2ccc(OC)cc2C1N. The Morgan fingerprint density at radius 1 is 1.42 bits per heavy atom. The molecule has 0 saturated heterocycles. The molecule has 0 heterocycles. The van der Waals surface area contributed by atoms with E-state index in [0.29, 0.717) is 13.2 Å². The van der Waals surface area contributed by atoms with E-state index in [-0.39, 0.29) is 18.2 Å². The average Bonchev–Trinajstić information content (AvgIpc) is 2.72. The summed E-state index contributed by atoms with van der Waals surface area (Å²) >= 11 is 0. The molecule has 3 unspecified atom stereocenters. The van der Waals surface area contributed by atoms with Gasteiger partial charge in [-0.15, -0.1) is 0 Å². The van der Waals surface area contributed by atoms with Crippen LogP contribution in [0.2, 0.25) is 0 Å². The minimum absolute atomic E-state index is 0.0255. The van der Waals surface area contributed by atoms with Crippen LogP contribution in [0.1, 0.15) is 31.0 Å². The molecule has 106 valence electrons. The third-order valence-corrected chi connectivity index (χ3v) is 3.50. The van der Waals surface area contributed by atoms with E-state index in [4.69, 9.17) is 19.9 Å². The lowest BCUT2D eigenvalue weighted by Crippen LogP contribution is -2.30. The van der Waals surface area contributed by atoms with Crippen LogP contribution < -0.4 is 10.5 Å². The molecule has 1 aliphatic rings. The molecule has 0 spiro atoms. The Morgan fingerprint density at radius 2 is 2.21 bits per heavy atom. The zero-order chi connectivity index (χ0) is 13.8. The Bertz CT molecular complexity index is 422. The first kappa shape index (κ1) is 14.3. The summed E-state index contributed by atoms with van der Waals surface area (Å²) in [6, 6.07) is 5.97. The van der Waals surface area contributed by atoms with Gasteiger partial charge < -0.3 is 19.9 Å². The molecule has 0 radical (unpaired) electrons. The van der Waals surface area contributed by atoms with Crippen molar-refractivity contribution in [2.45, 2.75) is 38.5 Å². The molecule has 0 aliphatic heterocycles. The summed E-state index contributed by atoms with van der Waals surface area (Å²) in [5, 5.41) is 0. The number of hydrogen-bond donors (Lipinski definition) is 1. The number of nitrogens with two attached hydrogens (primary N) is 1. The fraction of sp³-hybridized carbons (Fsp3) is 0.600. The zero-order valence-corrected chi connectivity index (χ0v) is 11.9. The van der Waals surface area contributed by atoms with Crippen LogP contribution in [0.4, 0.5) is 0 Å². The maximum atomic E-state index is 6.27. The molecule has 4 heteroatoms. The Labute approximate surface area is 114 Å². The molecule has 19 heavy (non-hydrogen) atoms. The summed E-state index contributed by atoms with van der Waals surface area (Å²) in [6.07, 6.45) is 0.946. The van der Waals surface area contributed by atoms with Gasteiger partial charge >= 0.3 is 0 Å². The summed E-state index contributed by atoms with van der Waals surface area (Å²) in [4.78, 5) is 0. The number of rotatable bonds is 6. The summed E-state index contributed by atoms with van der Waals surface area (Å²) in [5.41, 5.74) is 8.65. The smallest absolute Gasteiger partial charge is 0.119 e. The second kappa shape index (κ2) is 6.37. The van der Waals surface area contributed by atoms with Crippen molar-refractivity contribution in [2.75, 3.05) is 20.3 Å². The maximum absolute atomic E-state index is 6.27. The van der Waals surface area contributed by atoms with E-state index in [1.807, 2.05) is 26.0 Å². The highest BCUT2D eigenvalue weighted by Crippen LogP contribution is 2.34. The normalized spacial score (nSPS) is 23.2. The molecule has 4 nitrogen and oxygen atoms in total. The number of hydrogen-bond acceptors (Lipinski definition) is 4. The first-order chi connectivity index (χ1) is 9.15. The van der Waals surface area contributed by atoms with Gasteiger partial charge in [0, 0.05) is 13.0 Å². The van der Waals surface area contributed by atoms with Crippen molar-refractivity contribution < 1.29 is 14.2 Å². The average molecular weight is 265 g/mol. The number of benzene rings is 1. The Morgan fingerprint density at radius 3 is 2.89 bits per heavy atom. The summed E-state index contributed by atoms with van der Waals surface area (Å²) in [7, 11) is 1.67. The van der Waals surface area contributed by atoms with Gasteiger partial charge in [0.1, 0.15) is 5.75 Å². The molecule has 0 aromatic heterocycles. The predicted octanol–water partition coefficient (Wildman–Crippen LogP) is 2.06. The Kier molecular flexibility index (Phi) is 4.80. The van der Waals surface area contributed by atoms with Crippen LogP contribution in [0.15, 0.2) is 18.2 Å². The van der Waals surface area contributed by atoms with Gasteiger partial charge in [0.2, 0.25) is 0 Å². The molecule has 0 amide bonds. The molecule has 1 aromatic carbocycles. The van der Waals surface area contributed by atoms with E-state index in [1.54, 1.807) is 7.11 Å². The van der Waals surface area contributed by atoms with E-state index in [0.717, 1.165) is 17.7 Å². The lowest BCUT2D eigenvalue weighted by Gasteiger charge is -2.22. The minimum atomic E-state index is -0.0887. The van der Waals surface area contributed by atoms with Gasteiger partial charge in [0.15, 0.2) is 0 Å². The Balaban J connectivity index is 2.00. The molecule has 1 aromatic rings. The van der Waals surface area contributed by atoms with Crippen LogP contribution >= 0.6 is 0 Å². The van der Waals surface area contributed by atoms with Crippen molar-refractivity contribution in [1.29, 1.82) is 0 Å². The quantitative estimate of drug-likeness (QED) is 0.855. The van der Waals surface area contributed by atoms with Crippen LogP contribution in [0.5, 0.6) is 5.75 Å². The lowest BCUT2D eigenvalue weighted by molar-refractivity contribution is -0.0508. The van der Waals surface area contributed by atoms with Crippen molar-refractivity contribution in [2.24, 2.45) is 5.73 Å². The van der Waals surface area contributed by atoms with E-state index in [2.05, 4.69) is 6.07 Å². The van der Waals surface area contributed by atoms with E-state index >= 15 is 0 Å². The minimum Gasteiger partial charge on any atom is -0.497 e. The zero-order valence-electron chi connectivity index (χ0n) is 11.9. The van der Waals surface area contributed by atoms with Crippen LogP contribution in [0.3, 0.4) is 0 Å². The summed E-state index contributed by atoms with van der Waals surface area (Å²) in [6.45, 7) is 5.32. The van der Waals surface area contributed by atoms with Gasteiger partial charge in [-0.25, -0.2) is 0 Å². The van der Waals surface area contributed by atoms with E-state index in [1.165, 1.54) is 5.56 Å². The van der Waals surface area contributed by atoms with Gasteiger partial charge in [-0.1, -0.05) is 6.07 Å². The fourth-order valence-electron chi connectivity index (χ4n) is 2.49. The highest BCUT2D eigenvalue weighted by molar-refractivity contribution is 5.42. The van der Waals surface area contributed by atoms with Crippen molar-refractivity contribution in [1.82, 2.24) is 0 Å². The first-order valence-electron chi connectivity index (χ1n) is 6.81. The molecule has 0 fully saturated rings. The number of methoxy groups -OCH3 is 1. The third kappa shape index (κ3) is 3.26. The highest BCUT2D eigenvalue weighted by Gasteiger charge is 2.31. The molecule has 2 N–H and O–H groups in total. The number of ether oxygens (including phenoxy) is 3. The lowest BCUT2D eigenvalue weighted by atomic mass is 10.1. The van der Waals surface area contributed by atoms with Gasteiger partial charge in [-0.2, -0.15) is 0 Å². The third-order valence-electron chi connectivity index (χ3n) is 3.50. The molecule has 0 bridgehead atoms. The van der Waals surface area contributed by atoms with E-state index in [9.17, 15) is 0 Å². The molecule has 2 rings (SSSR count). The van der Waals surface area contributed by atoms with Gasteiger partial charge in [-0.3, -0.25) is 0 Å². The van der Waals surface area contributed by atoms with Crippen molar-refractivity contribution in [3.05, 3.63) is 29.3 Å². The van der Waals surface area contributed by atoms with Crippen molar-refractivity contribution >= 4 is 0 Å². The van der Waals surface area contributed by atoms with E-state index < -0.39 is 0 Å². The molecule has 3 atom stereocenters. The van der Waals surface area contributed by atoms with Crippen LogP contribution in [-0.2, 0) is 15.9 Å². The number of fused-ring (bicyclic) bond motifs is 1. The topological polar surface area (TPSA) is 53.7 Å².